The van der Waals surface area contributed by atoms with Gasteiger partial charge in [-0.1, -0.05) is 13.8 Å². The fourth-order valence-corrected chi connectivity index (χ4v) is 2.03. The molecule has 1 N–H and O–H groups in total. The van der Waals surface area contributed by atoms with Crippen molar-refractivity contribution in [1.82, 2.24) is 5.32 Å². The largest absolute Gasteiger partial charge is 0.342 e. The molecule has 1 atom stereocenters. The first kappa shape index (κ1) is 13.5. The first-order valence-electron chi connectivity index (χ1n) is 5.96. The fraction of sp³-hybridized carbons (Fsp3) is 0.385. The van der Waals surface area contributed by atoms with Crippen LogP contribution in [0.3, 0.4) is 0 Å². The molecule has 1 unspecified atom stereocenters. The Morgan fingerprint density at radius 3 is 2.58 bits per heavy atom. The molecule has 0 aliphatic carbocycles. The van der Waals surface area contributed by atoms with Gasteiger partial charge < -0.3 is 5.32 Å². The van der Waals surface area contributed by atoms with Crippen molar-refractivity contribution in [2.45, 2.75) is 19.9 Å². The molecule has 0 aromatic heterocycles. The van der Waals surface area contributed by atoms with Crippen molar-refractivity contribution in [1.29, 1.82) is 0 Å². The van der Waals surface area contributed by atoms with Crippen LogP contribution in [0.15, 0.2) is 18.2 Å². The van der Waals surface area contributed by atoms with Crippen LogP contribution in [-0.4, -0.2) is 24.4 Å². The molecule has 0 saturated carbocycles. The van der Waals surface area contributed by atoms with Crippen molar-refractivity contribution in [2.75, 3.05) is 11.4 Å². The van der Waals surface area contributed by atoms with E-state index >= 15 is 0 Å². The Morgan fingerprint density at radius 1 is 1.32 bits per heavy atom. The van der Waals surface area contributed by atoms with Gasteiger partial charge >= 0.3 is 0 Å². The Bertz CT molecular complexity index is 531. The van der Waals surface area contributed by atoms with Crippen LogP contribution < -0.4 is 10.2 Å². The molecular weight excluding hydrogens is 254 g/mol. The summed E-state index contributed by atoms with van der Waals surface area (Å²) < 4.78 is 26.6. The molecule has 0 spiro atoms. The molecule has 0 bridgehead atoms. The maximum absolute atomic E-state index is 13.7. The van der Waals surface area contributed by atoms with E-state index in [1.165, 1.54) is 6.07 Å². The highest BCUT2D eigenvalue weighted by molar-refractivity contribution is 6.06. The Hall–Kier alpha value is -1.98. The molecular formula is C13H14F2N2O2. The van der Waals surface area contributed by atoms with Gasteiger partial charge in [0.1, 0.15) is 24.2 Å². The van der Waals surface area contributed by atoms with E-state index in [0.717, 1.165) is 11.0 Å². The molecule has 19 heavy (non-hydrogen) atoms. The summed E-state index contributed by atoms with van der Waals surface area (Å²) in [6, 6.07) is 2.23. The van der Waals surface area contributed by atoms with Gasteiger partial charge in [-0.2, -0.15) is 0 Å². The second-order valence-corrected chi connectivity index (χ2v) is 4.81. The molecule has 0 radical (unpaired) electrons. The lowest BCUT2D eigenvalue weighted by Gasteiger charge is -2.34. The summed E-state index contributed by atoms with van der Waals surface area (Å²) in [7, 11) is 0. The number of halogens is 2. The third kappa shape index (κ3) is 2.57. The van der Waals surface area contributed by atoms with Gasteiger partial charge in [0.15, 0.2) is 0 Å². The number of rotatable bonds is 2. The SMILES string of the molecule is CC(C)C1NC(=O)CN(c2ccc(F)cc2F)C1=O. The third-order valence-electron chi connectivity index (χ3n) is 3.02. The maximum Gasteiger partial charge on any atom is 0.250 e. The molecule has 2 rings (SSSR count). The van der Waals surface area contributed by atoms with Gasteiger partial charge in [0, 0.05) is 6.07 Å². The van der Waals surface area contributed by atoms with Crippen LogP contribution in [0, 0.1) is 17.6 Å². The summed E-state index contributed by atoms with van der Waals surface area (Å²) in [5.41, 5.74) is -0.0769. The molecule has 1 aliphatic rings. The van der Waals surface area contributed by atoms with Gasteiger partial charge in [-0.05, 0) is 18.1 Å². The number of hydrogen-bond acceptors (Lipinski definition) is 2. The lowest BCUT2D eigenvalue weighted by Crippen LogP contribution is -2.60. The Kier molecular flexibility index (Phi) is 3.50. The van der Waals surface area contributed by atoms with Crippen LogP contribution in [-0.2, 0) is 9.59 Å². The molecule has 2 amide bonds. The number of nitrogens with zero attached hydrogens (tertiary/aromatic N) is 1. The molecule has 4 nitrogen and oxygen atoms in total. The van der Waals surface area contributed by atoms with E-state index in [4.69, 9.17) is 0 Å². The zero-order valence-electron chi connectivity index (χ0n) is 10.6. The highest BCUT2D eigenvalue weighted by atomic mass is 19.1. The van der Waals surface area contributed by atoms with E-state index in [-0.39, 0.29) is 30.0 Å². The van der Waals surface area contributed by atoms with Gasteiger partial charge in [0.25, 0.3) is 0 Å². The minimum absolute atomic E-state index is 0.0769. The van der Waals surface area contributed by atoms with Crippen molar-refractivity contribution in [2.24, 2.45) is 5.92 Å². The van der Waals surface area contributed by atoms with Gasteiger partial charge in [-0.25, -0.2) is 8.78 Å². The number of nitrogens with one attached hydrogen (secondary N) is 1. The topological polar surface area (TPSA) is 49.4 Å². The van der Waals surface area contributed by atoms with Crippen LogP contribution in [0.25, 0.3) is 0 Å². The highest BCUT2D eigenvalue weighted by Crippen LogP contribution is 2.23. The molecule has 6 heteroatoms. The molecule has 1 aromatic carbocycles. The summed E-state index contributed by atoms with van der Waals surface area (Å²) in [6.45, 7) is 3.31. The number of carbonyl (C=O) groups excluding carboxylic acids is 2. The van der Waals surface area contributed by atoms with Gasteiger partial charge in [-0.15, -0.1) is 0 Å². The van der Waals surface area contributed by atoms with E-state index < -0.39 is 17.7 Å². The number of piperazine rings is 1. The molecule has 1 aliphatic heterocycles. The minimum atomic E-state index is -0.856. The average molecular weight is 268 g/mol. The Balaban J connectivity index is 2.37. The smallest absolute Gasteiger partial charge is 0.250 e. The van der Waals surface area contributed by atoms with E-state index in [9.17, 15) is 18.4 Å². The summed E-state index contributed by atoms with van der Waals surface area (Å²) >= 11 is 0. The predicted molar refractivity (Wildman–Crippen MR) is 65.5 cm³/mol. The molecule has 1 saturated heterocycles. The lowest BCUT2D eigenvalue weighted by molar-refractivity contribution is -0.132. The number of anilines is 1. The normalized spacial score (nSPS) is 19.8. The summed E-state index contributed by atoms with van der Waals surface area (Å²) in [6.07, 6.45) is 0. The zero-order valence-corrected chi connectivity index (χ0v) is 10.6. The second-order valence-electron chi connectivity index (χ2n) is 4.81. The maximum atomic E-state index is 13.7. The number of hydrogen-bond donors (Lipinski definition) is 1. The van der Waals surface area contributed by atoms with Crippen LogP contribution >= 0.6 is 0 Å². The van der Waals surface area contributed by atoms with Crippen LogP contribution in [0.1, 0.15) is 13.8 Å². The van der Waals surface area contributed by atoms with Gasteiger partial charge in [0.2, 0.25) is 11.8 Å². The standard InChI is InChI=1S/C13H14F2N2O2/c1-7(2)12-13(19)17(6-11(18)16-12)10-4-3-8(14)5-9(10)15/h3-5,7,12H,6H2,1-2H3,(H,16,18). The fourth-order valence-electron chi connectivity index (χ4n) is 2.03. The first-order chi connectivity index (χ1) is 8.90. The van der Waals surface area contributed by atoms with Gasteiger partial charge in [-0.3, -0.25) is 14.5 Å². The van der Waals surface area contributed by atoms with Crippen LogP contribution in [0.2, 0.25) is 0 Å². The number of carbonyl (C=O) groups is 2. The molecule has 1 aromatic rings. The van der Waals surface area contributed by atoms with Crippen molar-refractivity contribution in [3.8, 4) is 0 Å². The Morgan fingerprint density at radius 2 is 2.00 bits per heavy atom. The molecule has 1 heterocycles. The highest BCUT2D eigenvalue weighted by Gasteiger charge is 2.36. The third-order valence-corrected chi connectivity index (χ3v) is 3.02. The van der Waals surface area contributed by atoms with Crippen molar-refractivity contribution in [3.63, 3.8) is 0 Å². The van der Waals surface area contributed by atoms with E-state index in [1.54, 1.807) is 13.8 Å². The zero-order chi connectivity index (χ0) is 14.2. The van der Waals surface area contributed by atoms with Crippen LogP contribution in [0.5, 0.6) is 0 Å². The van der Waals surface area contributed by atoms with Crippen molar-refractivity contribution in [3.05, 3.63) is 29.8 Å². The monoisotopic (exact) mass is 268 g/mol. The van der Waals surface area contributed by atoms with E-state index in [2.05, 4.69) is 5.32 Å². The quantitative estimate of drug-likeness (QED) is 0.882. The number of amides is 2. The van der Waals surface area contributed by atoms with E-state index in [1.807, 2.05) is 0 Å². The average Bonchev–Trinajstić information content (AvgIpc) is 2.32. The summed E-state index contributed by atoms with van der Waals surface area (Å²) in [5, 5.41) is 2.57. The lowest BCUT2D eigenvalue weighted by atomic mass is 10.0. The summed E-state index contributed by atoms with van der Waals surface area (Å²) in [4.78, 5) is 24.8. The predicted octanol–water partition coefficient (Wildman–Crippen LogP) is 1.45. The Labute approximate surface area is 109 Å². The minimum Gasteiger partial charge on any atom is -0.342 e. The summed E-state index contributed by atoms with van der Waals surface area (Å²) in [5.74, 6) is -2.44. The first-order valence-corrected chi connectivity index (χ1v) is 5.96. The van der Waals surface area contributed by atoms with Crippen LogP contribution in [0.4, 0.5) is 14.5 Å². The van der Waals surface area contributed by atoms with Crippen molar-refractivity contribution < 1.29 is 18.4 Å². The van der Waals surface area contributed by atoms with Crippen molar-refractivity contribution >= 4 is 17.5 Å². The van der Waals surface area contributed by atoms with E-state index in [0.29, 0.717) is 6.07 Å². The second kappa shape index (κ2) is 4.95. The molecule has 1 fully saturated rings. The molecule has 102 valence electrons. The number of benzene rings is 1. The van der Waals surface area contributed by atoms with Gasteiger partial charge in [0.05, 0.1) is 5.69 Å².